The summed E-state index contributed by atoms with van der Waals surface area (Å²) in [6.45, 7) is 3.47. The number of nitrogens with zero attached hydrogens (tertiary/aromatic N) is 1. The van der Waals surface area contributed by atoms with Crippen molar-refractivity contribution in [3.05, 3.63) is 65.6 Å². The molecule has 3 amide bonds. The van der Waals surface area contributed by atoms with Crippen LogP contribution in [0.25, 0.3) is 6.08 Å². The van der Waals surface area contributed by atoms with Crippen molar-refractivity contribution < 1.29 is 28.6 Å². The molecule has 2 aromatic carbocycles. The summed E-state index contributed by atoms with van der Waals surface area (Å²) >= 11 is 0.761. The number of hydrogen-bond acceptors (Lipinski definition) is 7. The number of imide groups is 1. The highest BCUT2D eigenvalue weighted by atomic mass is 32.2. The molecule has 0 spiro atoms. The summed E-state index contributed by atoms with van der Waals surface area (Å²) in [5, 5.41) is 2.13. The van der Waals surface area contributed by atoms with Crippen molar-refractivity contribution in [1.82, 2.24) is 4.90 Å². The number of anilines is 1. The van der Waals surface area contributed by atoms with Gasteiger partial charge in [-0.25, -0.2) is 0 Å². The molecule has 1 fully saturated rings. The summed E-state index contributed by atoms with van der Waals surface area (Å²) in [6.07, 6.45) is 3.14. The number of carbonyl (C=O) groups is 3. The largest absolute Gasteiger partial charge is 0.497 e. The molecule has 0 atom stereocenters. The maximum atomic E-state index is 12.8. The Labute approximate surface area is 189 Å². The molecular formula is C23H22N2O6S. The van der Waals surface area contributed by atoms with Crippen LogP contribution in [0.4, 0.5) is 10.5 Å². The predicted molar refractivity (Wildman–Crippen MR) is 123 cm³/mol. The van der Waals surface area contributed by atoms with Crippen LogP contribution in [0.3, 0.4) is 0 Å². The van der Waals surface area contributed by atoms with E-state index in [2.05, 4.69) is 11.9 Å². The normalized spacial score (nSPS) is 14.4. The summed E-state index contributed by atoms with van der Waals surface area (Å²) in [4.78, 5) is 38.7. The molecule has 0 unspecified atom stereocenters. The lowest BCUT2D eigenvalue weighted by molar-refractivity contribution is -0.127. The number of benzene rings is 2. The van der Waals surface area contributed by atoms with Crippen LogP contribution in [0.5, 0.6) is 17.2 Å². The van der Waals surface area contributed by atoms with Gasteiger partial charge in [0.2, 0.25) is 5.91 Å². The average molecular weight is 455 g/mol. The Morgan fingerprint density at radius 3 is 2.53 bits per heavy atom. The second-order valence-corrected chi connectivity index (χ2v) is 7.52. The monoisotopic (exact) mass is 454 g/mol. The number of carbonyl (C=O) groups excluding carboxylic acids is 3. The molecule has 0 saturated carbocycles. The maximum Gasteiger partial charge on any atom is 0.294 e. The lowest BCUT2D eigenvalue weighted by Gasteiger charge is -2.13. The van der Waals surface area contributed by atoms with Gasteiger partial charge < -0.3 is 19.5 Å². The fourth-order valence-electron chi connectivity index (χ4n) is 2.90. The number of rotatable bonds is 9. The zero-order chi connectivity index (χ0) is 23.1. The minimum Gasteiger partial charge on any atom is -0.497 e. The number of amides is 3. The van der Waals surface area contributed by atoms with Gasteiger partial charge in [-0.3, -0.25) is 19.3 Å². The van der Waals surface area contributed by atoms with E-state index in [-0.39, 0.29) is 11.5 Å². The second-order valence-electron chi connectivity index (χ2n) is 6.52. The van der Waals surface area contributed by atoms with Crippen molar-refractivity contribution in [1.29, 1.82) is 0 Å². The molecule has 9 heteroatoms. The number of hydrogen-bond donors (Lipinski definition) is 1. The topological polar surface area (TPSA) is 94.2 Å². The van der Waals surface area contributed by atoms with Crippen LogP contribution >= 0.6 is 11.8 Å². The van der Waals surface area contributed by atoms with Crippen LogP contribution in [0.15, 0.2) is 60.0 Å². The average Bonchev–Trinajstić information content (AvgIpc) is 3.05. The summed E-state index contributed by atoms with van der Waals surface area (Å²) in [7, 11) is 3.05. The molecule has 0 aliphatic carbocycles. The highest BCUT2D eigenvalue weighted by molar-refractivity contribution is 8.18. The first-order valence-corrected chi connectivity index (χ1v) is 10.4. The van der Waals surface area contributed by atoms with E-state index in [0.717, 1.165) is 16.7 Å². The van der Waals surface area contributed by atoms with E-state index in [1.54, 1.807) is 61.7 Å². The van der Waals surface area contributed by atoms with Crippen LogP contribution in [-0.4, -0.2) is 49.3 Å². The molecule has 1 N–H and O–H groups in total. The first-order chi connectivity index (χ1) is 15.5. The molecule has 1 aliphatic rings. The van der Waals surface area contributed by atoms with Gasteiger partial charge in [0.05, 0.1) is 19.1 Å². The summed E-state index contributed by atoms with van der Waals surface area (Å²) < 4.78 is 16.1. The molecule has 1 aliphatic heterocycles. The molecule has 8 nitrogen and oxygen atoms in total. The number of methoxy groups -OCH3 is 2. The van der Waals surface area contributed by atoms with E-state index in [9.17, 15) is 14.4 Å². The Morgan fingerprint density at radius 1 is 1.12 bits per heavy atom. The molecular weight excluding hydrogens is 432 g/mol. The van der Waals surface area contributed by atoms with E-state index in [0.29, 0.717) is 28.5 Å². The maximum absolute atomic E-state index is 12.8. The van der Waals surface area contributed by atoms with Gasteiger partial charge in [-0.2, -0.15) is 0 Å². The van der Waals surface area contributed by atoms with E-state index in [4.69, 9.17) is 14.2 Å². The summed E-state index contributed by atoms with van der Waals surface area (Å²) in [5.74, 6) is 0.517. The zero-order valence-corrected chi connectivity index (χ0v) is 18.4. The van der Waals surface area contributed by atoms with Crippen LogP contribution in [0, 0.1) is 0 Å². The van der Waals surface area contributed by atoms with Crippen molar-refractivity contribution in [2.45, 2.75) is 0 Å². The lowest BCUT2D eigenvalue weighted by Crippen LogP contribution is -2.36. The first kappa shape index (κ1) is 23.0. The number of para-hydroxylation sites is 1. The van der Waals surface area contributed by atoms with Crippen molar-refractivity contribution in [3.63, 3.8) is 0 Å². The smallest absolute Gasteiger partial charge is 0.294 e. The van der Waals surface area contributed by atoms with Crippen molar-refractivity contribution >= 4 is 40.6 Å². The third kappa shape index (κ3) is 5.30. The fraction of sp³-hybridized carbons (Fsp3) is 0.174. The van der Waals surface area contributed by atoms with Gasteiger partial charge >= 0.3 is 0 Å². The Kier molecular flexibility index (Phi) is 7.56. The van der Waals surface area contributed by atoms with Gasteiger partial charge in [0, 0.05) is 11.3 Å². The molecule has 2 aromatic rings. The van der Waals surface area contributed by atoms with Crippen LogP contribution in [0.2, 0.25) is 0 Å². The van der Waals surface area contributed by atoms with Gasteiger partial charge in [-0.05, 0) is 48.2 Å². The summed E-state index contributed by atoms with van der Waals surface area (Å²) in [6, 6.07) is 11.9. The zero-order valence-electron chi connectivity index (χ0n) is 17.6. The number of ether oxygens (including phenoxy) is 3. The second kappa shape index (κ2) is 10.5. The van der Waals surface area contributed by atoms with E-state index in [1.807, 2.05) is 0 Å². The van der Waals surface area contributed by atoms with Gasteiger partial charge in [0.25, 0.3) is 11.1 Å². The highest BCUT2D eigenvalue weighted by Gasteiger charge is 2.36. The standard InChI is InChI=1S/C23H22N2O6S/c1-4-12-31-21-15(6-5-7-18(21)30-3)13-19-22(27)25(23(28)32-19)14-20(26)24-16-8-10-17(29-2)11-9-16/h4-11,13H,1,12,14H2,2-3H3,(H,24,26)/b19-13-. The molecule has 3 rings (SSSR count). The van der Waals surface area contributed by atoms with Crippen molar-refractivity contribution in [2.75, 3.05) is 32.7 Å². The third-order valence-corrected chi connectivity index (χ3v) is 5.32. The molecule has 0 radical (unpaired) electrons. The Bertz CT molecular complexity index is 1060. The summed E-state index contributed by atoms with van der Waals surface area (Å²) in [5.41, 5.74) is 1.10. The van der Waals surface area contributed by atoms with Gasteiger partial charge in [0.15, 0.2) is 11.5 Å². The number of thioether (sulfide) groups is 1. The van der Waals surface area contributed by atoms with E-state index >= 15 is 0 Å². The van der Waals surface area contributed by atoms with Crippen LogP contribution < -0.4 is 19.5 Å². The highest BCUT2D eigenvalue weighted by Crippen LogP contribution is 2.37. The SMILES string of the molecule is C=CCOc1c(/C=C2\SC(=O)N(CC(=O)Nc3ccc(OC)cc3)C2=O)cccc1OC. The van der Waals surface area contributed by atoms with Gasteiger partial charge in [-0.15, -0.1) is 0 Å². The fourth-order valence-corrected chi connectivity index (χ4v) is 3.73. The third-order valence-electron chi connectivity index (χ3n) is 4.41. The minimum atomic E-state index is -0.553. The predicted octanol–water partition coefficient (Wildman–Crippen LogP) is 3.94. The Balaban J connectivity index is 1.74. The molecule has 0 aromatic heterocycles. The van der Waals surface area contributed by atoms with E-state index < -0.39 is 23.6 Å². The van der Waals surface area contributed by atoms with Gasteiger partial charge in [0.1, 0.15) is 18.9 Å². The van der Waals surface area contributed by atoms with Crippen molar-refractivity contribution in [2.24, 2.45) is 0 Å². The molecule has 166 valence electrons. The molecule has 32 heavy (non-hydrogen) atoms. The molecule has 1 heterocycles. The minimum absolute atomic E-state index is 0.184. The Hall–Kier alpha value is -3.72. The molecule has 1 saturated heterocycles. The lowest BCUT2D eigenvalue weighted by atomic mass is 10.1. The van der Waals surface area contributed by atoms with E-state index in [1.165, 1.54) is 7.11 Å². The number of nitrogens with one attached hydrogen (secondary N) is 1. The van der Waals surface area contributed by atoms with Crippen LogP contribution in [-0.2, 0) is 9.59 Å². The first-order valence-electron chi connectivity index (χ1n) is 9.56. The quantitative estimate of drug-likeness (QED) is 0.453. The van der Waals surface area contributed by atoms with Crippen LogP contribution in [0.1, 0.15) is 5.56 Å². The van der Waals surface area contributed by atoms with Gasteiger partial charge in [-0.1, -0.05) is 24.8 Å². The van der Waals surface area contributed by atoms with Crippen molar-refractivity contribution in [3.8, 4) is 17.2 Å². The molecule has 0 bridgehead atoms. The Morgan fingerprint density at radius 2 is 1.88 bits per heavy atom.